The van der Waals surface area contributed by atoms with Crippen LogP contribution in [-0.2, 0) is 6.54 Å². The van der Waals surface area contributed by atoms with Crippen LogP contribution in [0, 0.1) is 11.3 Å². The van der Waals surface area contributed by atoms with Crippen LogP contribution >= 0.6 is 11.8 Å². The number of rotatable bonds is 10. The minimum absolute atomic E-state index is 0.547. The second-order valence-electron chi connectivity index (χ2n) is 6.89. The van der Waals surface area contributed by atoms with Gasteiger partial charge in [0.25, 0.3) is 0 Å². The molecule has 32 heavy (non-hydrogen) atoms. The molecule has 4 aromatic rings. The molecule has 0 spiro atoms. The summed E-state index contributed by atoms with van der Waals surface area (Å²) < 4.78 is 18.6. The molecular weight excluding hydrogens is 424 g/mol. The molecule has 0 bridgehead atoms. The SMILES string of the molecule is COc1ccc(-c2nnc(SCCCOc3ccc(C#N)cc3)n2Cc2ccco2)cc1. The molecule has 162 valence electrons. The van der Waals surface area contributed by atoms with E-state index in [-0.39, 0.29) is 0 Å². The highest BCUT2D eigenvalue weighted by molar-refractivity contribution is 7.99. The summed E-state index contributed by atoms with van der Waals surface area (Å²) in [5, 5.41) is 18.5. The summed E-state index contributed by atoms with van der Waals surface area (Å²) >= 11 is 1.63. The van der Waals surface area contributed by atoms with Gasteiger partial charge in [-0.25, -0.2) is 0 Å². The smallest absolute Gasteiger partial charge is 0.191 e. The standard InChI is InChI=1S/C24H22N4O3S/c1-29-20-11-7-19(8-12-20)23-26-27-24(28(23)17-22-4-2-13-31-22)32-15-3-14-30-21-9-5-18(16-25)6-10-21/h2,4-13H,3,14-15,17H2,1H3. The van der Waals surface area contributed by atoms with Gasteiger partial charge in [-0.1, -0.05) is 11.8 Å². The Balaban J connectivity index is 1.40. The molecule has 7 nitrogen and oxygen atoms in total. The van der Waals surface area contributed by atoms with E-state index in [2.05, 4.69) is 20.8 Å². The molecule has 0 atom stereocenters. The van der Waals surface area contributed by atoms with Crippen LogP contribution in [0.4, 0.5) is 0 Å². The summed E-state index contributed by atoms with van der Waals surface area (Å²) in [6.45, 7) is 1.13. The van der Waals surface area contributed by atoms with Crippen molar-refractivity contribution in [3.05, 3.63) is 78.3 Å². The minimum atomic E-state index is 0.547. The number of benzene rings is 2. The number of aromatic nitrogens is 3. The summed E-state index contributed by atoms with van der Waals surface area (Å²) in [5.74, 6) is 4.00. The number of hydrogen-bond acceptors (Lipinski definition) is 7. The Bertz CT molecular complexity index is 1160. The van der Waals surface area contributed by atoms with Crippen LogP contribution < -0.4 is 9.47 Å². The molecule has 2 heterocycles. The second kappa shape index (κ2) is 10.6. The first-order chi connectivity index (χ1) is 15.8. The zero-order valence-electron chi connectivity index (χ0n) is 17.6. The highest BCUT2D eigenvalue weighted by Crippen LogP contribution is 2.27. The molecule has 0 radical (unpaired) electrons. The zero-order chi connectivity index (χ0) is 22.2. The van der Waals surface area contributed by atoms with E-state index in [9.17, 15) is 0 Å². The average Bonchev–Trinajstić information content (AvgIpc) is 3.50. The first-order valence-electron chi connectivity index (χ1n) is 10.1. The molecule has 2 aromatic heterocycles. The number of ether oxygens (including phenoxy) is 2. The summed E-state index contributed by atoms with van der Waals surface area (Å²) in [6, 6.07) is 20.8. The number of thioether (sulfide) groups is 1. The third-order valence-corrected chi connectivity index (χ3v) is 5.78. The Morgan fingerprint density at radius 2 is 1.81 bits per heavy atom. The fourth-order valence-electron chi connectivity index (χ4n) is 3.09. The summed E-state index contributed by atoms with van der Waals surface area (Å²) in [5.41, 5.74) is 1.58. The molecule has 0 N–H and O–H groups in total. The van der Waals surface area contributed by atoms with Gasteiger partial charge in [0, 0.05) is 11.3 Å². The molecule has 0 aliphatic heterocycles. The van der Waals surface area contributed by atoms with E-state index in [0.717, 1.165) is 46.0 Å². The first kappa shape index (κ1) is 21.5. The Morgan fingerprint density at radius 1 is 1.03 bits per heavy atom. The predicted molar refractivity (Wildman–Crippen MR) is 122 cm³/mol. The maximum absolute atomic E-state index is 8.87. The summed E-state index contributed by atoms with van der Waals surface area (Å²) in [7, 11) is 1.65. The van der Waals surface area contributed by atoms with Gasteiger partial charge in [-0.3, -0.25) is 4.57 Å². The van der Waals surface area contributed by atoms with E-state index in [1.807, 2.05) is 48.5 Å². The van der Waals surface area contributed by atoms with Crippen molar-refractivity contribution in [1.29, 1.82) is 5.26 Å². The Kier molecular flexibility index (Phi) is 7.10. The topological polar surface area (TPSA) is 86.1 Å². The maximum atomic E-state index is 8.87. The molecule has 0 unspecified atom stereocenters. The van der Waals surface area contributed by atoms with E-state index in [0.29, 0.717) is 18.7 Å². The Hall–Kier alpha value is -3.70. The second-order valence-corrected chi connectivity index (χ2v) is 7.95. The van der Waals surface area contributed by atoms with Gasteiger partial charge in [0.15, 0.2) is 11.0 Å². The van der Waals surface area contributed by atoms with Crippen molar-refractivity contribution in [3.8, 4) is 29.0 Å². The van der Waals surface area contributed by atoms with E-state index in [1.54, 1.807) is 37.3 Å². The normalized spacial score (nSPS) is 10.6. The van der Waals surface area contributed by atoms with E-state index in [1.165, 1.54) is 0 Å². The third kappa shape index (κ3) is 5.31. The van der Waals surface area contributed by atoms with Gasteiger partial charge < -0.3 is 13.9 Å². The fraction of sp³-hybridized carbons (Fsp3) is 0.208. The molecule has 0 saturated carbocycles. The van der Waals surface area contributed by atoms with E-state index < -0.39 is 0 Å². The van der Waals surface area contributed by atoms with Crippen molar-refractivity contribution in [2.75, 3.05) is 19.5 Å². The van der Waals surface area contributed by atoms with Gasteiger partial charge in [0.1, 0.15) is 17.3 Å². The van der Waals surface area contributed by atoms with Gasteiger partial charge in [-0.2, -0.15) is 5.26 Å². The monoisotopic (exact) mass is 446 g/mol. The quantitative estimate of drug-likeness (QED) is 0.249. The van der Waals surface area contributed by atoms with Crippen LogP contribution in [0.15, 0.2) is 76.5 Å². The predicted octanol–water partition coefficient (Wildman–Crippen LogP) is 5.03. The molecule has 0 aliphatic carbocycles. The van der Waals surface area contributed by atoms with Crippen molar-refractivity contribution >= 4 is 11.8 Å². The Labute approximate surface area is 190 Å². The van der Waals surface area contributed by atoms with Crippen LogP contribution in [0.25, 0.3) is 11.4 Å². The third-order valence-electron chi connectivity index (χ3n) is 4.73. The van der Waals surface area contributed by atoms with Crippen molar-refractivity contribution in [2.24, 2.45) is 0 Å². The zero-order valence-corrected chi connectivity index (χ0v) is 18.4. The lowest BCUT2D eigenvalue weighted by molar-refractivity contribution is 0.318. The lowest BCUT2D eigenvalue weighted by Crippen LogP contribution is -2.04. The van der Waals surface area contributed by atoms with Crippen LogP contribution in [0.5, 0.6) is 11.5 Å². The highest BCUT2D eigenvalue weighted by Gasteiger charge is 2.16. The van der Waals surface area contributed by atoms with Gasteiger partial charge in [0.2, 0.25) is 0 Å². The molecular formula is C24H22N4O3S. The number of hydrogen-bond donors (Lipinski definition) is 0. The minimum Gasteiger partial charge on any atom is -0.497 e. The molecule has 4 rings (SSSR count). The number of nitriles is 1. The van der Waals surface area contributed by atoms with Crippen molar-refractivity contribution in [2.45, 2.75) is 18.1 Å². The lowest BCUT2D eigenvalue weighted by Gasteiger charge is -2.10. The van der Waals surface area contributed by atoms with Gasteiger partial charge in [-0.15, -0.1) is 10.2 Å². The number of methoxy groups -OCH3 is 1. The summed E-state index contributed by atoms with van der Waals surface area (Å²) in [4.78, 5) is 0. The number of furan rings is 1. The van der Waals surface area contributed by atoms with Crippen molar-refractivity contribution in [1.82, 2.24) is 14.8 Å². The molecule has 8 heteroatoms. The molecule has 0 aliphatic rings. The van der Waals surface area contributed by atoms with Crippen LogP contribution in [0.1, 0.15) is 17.7 Å². The van der Waals surface area contributed by atoms with Gasteiger partial charge in [-0.05, 0) is 67.1 Å². The van der Waals surface area contributed by atoms with E-state index in [4.69, 9.17) is 19.2 Å². The molecule has 0 amide bonds. The van der Waals surface area contributed by atoms with Crippen molar-refractivity contribution in [3.63, 3.8) is 0 Å². The first-order valence-corrected chi connectivity index (χ1v) is 11.1. The maximum Gasteiger partial charge on any atom is 0.191 e. The van der Waals surface area contributed by atoms with Gasteiger partial charge in [0.05, 0.1) is 38.2 Å². The van der Waals surface area contributed by atoms with Crippen LogP contribution in [0.3, 0.4) is 0 Å². The van der Waals surface area contributed by atoms with Crippen LogP contribution in [0.2, 0.25) is 0 Å². The average molecular weight is 447 g/mol. The summed E-state index contributed by atoms with van der Waals surface area (Å²) in [6.07, 6.45) is 2.51. The highest BCUT2D eigenvalue weighted by atomic mass is 32.2. The largest absolute Gasteiger partial charge is 0.497 e. The van der Waals surface area contributed by atoms with E-state index >= 15 is 0 Å². The lowest BCUT2D eigenvalue weighted by atomic mass is 10.2. The van der Waals surface area contributed by atoms with Crippen molar-refractivity contribution < 1.29 is 13.9 Å². The molecule has 0 saturated heterocycles. The molecule has 0 fully saturated rings. The molecule has 2 aromatic carbocycles. The Morgan fingerprint density at radius 3 is 2.50 bits per heavy atom. The van der Waals surface area contributed by atoms with Gasteiger partial charge >= 0.3 is 0 Å². The van der Waals surface area contributed by atoms with Crippen LogP contribution in [-0.4, -0.2) is 34.2 Å². The number of nitrogens with zero attached hydrogens (tertiary/aromatic N) is 4. The fourth-order valence-corrected chi connectivity index (χ4v) is 3.94.